The molecule has 0 fully saturated rings. The largest absolute Gasteiger partial charge is 0.472 e. The van der Waals surface area contributed by atoms with Crippen LogP contribution in [0.5, 0.6) is 0 Å². The minimum Gasteiger partial charge on any atom is -0.462 e. The summed E-state index contributed by atoms with van der Waals surface area (Å²) in [5.74, 6) is -0.794. The van der Waals surface area contributed by atoms with Crippen molar-refractivity contribution in [2.24, 2.45) is 11.8 Å². The van der Waals surface area contributed by atoms with Crippen molar-refractivity contribution < 1.29 is 80.2 Å². The lowest BCUT2D eigenvalue weighted by molar-refractivity contribution is -0.161. The van der Waals surface area contributed by atoms with Crippen LogP contribution in [0.2, 0.25) is 0 Å². The van der Waals surface area contributed by atoms with E-state index >= 15 is 0 Å². The third-order valence-electron chi connectivity index (χ3n) is 14.0. The molecule has 0 aromatic heterocycles. The second-order valence-electron chi connectivity index (χ2n) is 23.0. The van der Waals surface area contributed by atoms with Crippen LogP contribution >= 0.6 is 15.6 Å². The molecule has 0 saturated carbocycles. The Labute approximate surface area is 486 Å². The fraction of sp³-hybridized carbons (Fsp3) is 0.934. The van der Waals surface area contributed by atoms with Crippen molar-refractivity contribution in [3.8, 4) is 0 Å². The monoisotopic (exact) mass is 1180 g/mol. The molecule has 80 heavy (non-hydrogen) atoms. The van der Waals surface area contributed by atoms with E-state index in [0.717, 1.165) is 96.3 Å². The lowest BCUT2D eigenvalue weighted by atomic mass is 10.0. The molecule has 474 valence electrons. The first-order valence-corrected chi connectivity index (χ1v) is 35.0. The molecule has 0 heterocycles. The van der Waals surface area contributed by atoms with Crippen LogP contribution in [-0.4, -0.2) is 96.7 Å². The third-order valence-corrected chi connectivity index (χ3v) is 15.9. The molecule has 0 aliphatic heterocycles. The zero-order valence-electron chi connectivity index (χ0n) is 51.4. The van der Waals surface area contributed by atoms with Gasteiger partial charge in [0.25, 0.3) is 0 Å². The van der Waals surface area contributed by atoms with Gasteiger partial charge in [-0.15, -0.1) is 0 Å². The predicted octanol–water partition coefficient (Wildman–Crippen LogP) is 16.5. The van der Waals surface area contributed by atoms with E-state index in [0.29, 0.717) is 37.5 Å². The average molecular weight is 1190 g/mol. The molecule has 0 aliphatic rings. The molecule has 2 unspecified atom stereocenters. The summed E-state index contributed by atoms with van der Waals surface area (Å²) in [6.45, 7) is 9.28. The normalized spacial score (nSPS) is 14.4. The quantitative estimate of drug-likeness (QED) is 0.0222. The third kappa shape index (κ3) is 55.3. The second-order valence-corrected chi connectivity index (χ2v) is 25.9. The van der Waals surface area contributed by atoms with Crippen molar-refractivity contribution in [3.63, 3.8) is 0 Å². The Morgan fingerprint density at radius 3 is 0.850 bits per heavy atom. The summed E-state index contributed by atoms with van der Waals surface area (Å²) in [7, 11) is -9.88. The zero-order chi connectivity index (χ0) is 59.4. The summed E-state index contributed by atoms with van der Waals surface area (Å²) in [5.41, 5.74) is 0. The van der Waals surface area contributed by atoms with Crippen molar-refractivity contribution >= 4 is 39.5 Å². The highest BCUT2D eigenvalue weighted by Gasteiger charge is 2.30. The van der Waals surface area contributed by atoms with Crippen LogP contribution in [0.1, 0.15) is 298 Å². The van der Waals surface area contributed by atoms with Gasteiger partial charge in [-0.25, -0.2) is 9.13 Å². The maximum atomic E-state index is 12.9. The number of aliphatic hydroxyl groups is 1. The minimum atomic E-state index is -4.94. The summed E-state index contributed by atoms with van der Waals surface area (Å²) in [6.07, 6.45) is 35.1. The van der Waals surface area contributed by atoms with Crippen molar-refractivity contribution in [2.45, 2.75) is 317 Å². The van der Waals surface area contributed by atoms with Crippen LogP contribution in [0.25, 0.3) is 0 Å². The van der Waals surface area contributed by atoms with E-state index < -0.39 is 97.5 Å². The molecule has 0 aromatic rings. The van der Waals surface area contributed by atoms with Gasteiger partial charge in [0.05, 0.1) is 26.4 Å². The van der Waals surface area contributed by atoms with Crippen LogP contribution < -0.4 is 0 Å². The summed E-state index contributed by atoms with van der Waals surface area (Å²) in [4.78, 5) is 72.0. The SMILES string of the molecule is CCCCCCCCCCCCCCC(=O)O[C@H](COC(=O)CCCCCCCCCCCC)COP(=O)(O)OC[C@@H](O)COP(=O)(O)OC[C@@H](COC(=O)CCCCCCCCC(C)C)OC(=O)CCCCCCCCC(C)C. The van der Waals surface area contributed by atoms with Gasteiger partial charge in [-0.1, -0.05) is 247 Å². The van der Waals surface area contributed by atoms with E-state index in [9.17, 15) is 43.2 Å². The van der Waals surface area contributed by atoms with Crippen LogP contribution in [-0.2, 0) is 65.4 Å². The molecule has 0 amide bonds. The minimum absolute atomic E-state index is 0.101. The number of unbranched alkanes of at least 4 members (excludes halogenated alkanes) is 30. The van der Waals surface area contributed by atoms with Crippen LogP contribution in [0.4, 0.5) is 0 Å². The number of carbonyl (C=O) groups is 4. The van der Waals surface area contributed by atoms with Gasteiger partial charge < -0.3 is 33.8 Å². The summed E-state index contributed by atoms with van der Waals surface area (Å²) in [5, 5.41) is 10.5. The Kier molecular flexibility index (Phi) is 52.5. The first-order chi connectivity index (χ1) is 38.4. The number of hydrogen-bond donors (Lipinski definition) is 3. The van der Waals surface area contributed by atoms with Gasteiger partial charge in [0.1, 0.15) is 19.3 Å². The molecule has 3 N–H and O–H groups in total. The Morgan fingerprint density at radius 2 is 0.575 bits per heavy atom. The second kappa shape index (κ2) is 53.8. The Bertz CT molecular complexity index is 1580. The number of aliphatic hydroxyl groups excluding tert-OH is 1. The van der Waals surface area contributed by atoms with Crippen LogP contribution in [0, 0.1) is 11.8 Å². The number of phosphoric acid groups is 2. The summed E-state index contributed by atoms with van der Waals surface area (Å²) >= 11 is 0. The lowest BCUT2D eigenvalue weighted by Crippen LogP contribution is -2.30. The van der Waals surface area contributed by atoms with E-state index in [1.807, 2.05) is 0 Å². The van der Waals surface area contributed by atoms with E-state index in [-0.39, 0.29) is 25.7 Å². The van der Waals surface area contributed by atoms with Gasteiger partial charge >= 0.3 is 39.5 Å². The Hall–Kier alpha value is -1.94. The van der Waals surface area contributed by atoms with E-state index in [4.69, 9.17) is 37.0 Å². The molecule has 19 heteroatoms. The fourth-order valence-corrected chi connectivity index (χ4v) is 10.6. The molecule has 17 nitrogen and oxygen atoms in total. The van der Waals surface area contributed by atoms with Crippen molar-refractivity contribution in [3.05, 3.63) is 0 Å². The Morgan fingerprint density at radius 1 is 0.338 bits per heavy atom. The van der Waals surface area contributed by atoms with Crippen molar-refractivity contribution in [1.29, 1.82) is 0 Å². The zero-order valence-corrected chi connectivity index (χ0v) is 53.2. The number of phosphoric ester groups is 2. The summed E-state index contributed by atoms with van der Waals surface area (Å²) < 4.78 is 67.8. The first-order valence-electron chi connectivity index (χ1n) is 32.0. The van der Waals surface area contributed by atoms with Gasteiger partial charge in [-0.2, -0.15) is 0 Å². The number of rotatable bonds is 60. The maximum Gasteiger partial charge on any atom is 0.472 e. The predicted molar refractivity (Wildman–Crippen MR) is 317 cm³/mol. The lowest BCUT2D eigenvalue weighted by Gasteiger charge is -2.21. The van der Waals surface area contributed by atoms with Crippen molar-refractivity contribution in [1.82, 2.24) is 0 Å². The molecular formula is C61H118O17P2. The highest BCUT2D eigenvalue weighted by Crippen LogP contribution is 2.45. The number of carbonyl (C=O) groups excluding carboxylic acids is 4. The molecular weight excluding hydrogens is 1070 g/mol. The first kappa shape index (κ1) is 78.1. The highest BCUT2D eigenvalue weighted by atomic mass is 31.2. The van der Waals surface area contributed by atoms with Crippen LogP contribution in [0.15, 0.2) is 0 Å². The molecule has 0 aliphatic carbocycles. The van der Waals surface area contributed by atoms with E-state index in [1.165, 1.54) is 109 Å². The molecule has 0 aromatic carbocycles. The maximum absolute atomic E-state index is 12.9. The molecule has 0 saturated heterocycles. The smallest absolute Gasteiger partial charge is 0.462 e. The molecule has 5 atom stereocenters. The van der Waals surface area contributed by atoms with Crippen molar-refractivity contribution in [2.75, 3.05) is 39.6 Å². The number of ether oxygens (including phenoxy) is 4. The molecule has 0 bridgehead atoms. The van der Waals surface area contributed by atoms with Crippen LogP contribution in [0.3, 0.4) is 0 Å². The van der Waals surface area contributed by atoms with E-state index in [2.05, 4.69) is 41.5 Å². The number of hydrogen-bond acceptors (Lipinski definition) is 15. The van der Waals surface area contributed by atoms with E-state index in [1.54, 1.807) is 0 Å². The van der Waals surface area contributed by atoms with Gasteiger partial charge in [-0.05, 0) is 37.5 Å². The Balaban J connectivity index is 5.23. The molecule has 0 rings (SSSR count). The topological polar surface area (TPSA) is 237 Å². The highest BCUT2D eigenvalue weighted by molar-refractivity contribution is 7.47. The molecule has 0 spiro atoms. The van der Waals surface area contributed by atoms with Gasteiger partial charge in [-0.3, -0.25) is 37.3 Å². The average Bonchev–Trinajstić information content (AvgIpc) is 3.41. The standard InChI is InChI=1S/C61H118O17P2/c1-7-9-11-13-15-17-19-20-22-24-33-39-45-60(65)77-56(49-71-58(63)43-37-31-23-21-18-16-14-12-10-8-2)51-75-79(67,68)73-47-55(62)48-74-80(69,70)76-52-57(78-61(66)46-40-34-28-26-30-36-42-54(5)6)50-72-59(64)44-38-32-27-25-29-35-41-53(3)4/h53-57,62H,7-52H2,1-6H3,(H,67,68)(H,69,70)/t55-,56-,57-/m1/s1. The van der Waals surface area contributed by atoms with Gasteiger partial charge in [0.2, 0.25) is 0 Å². The number of esters is 4. The van der Waals surface area contributed by atoms with Gasteiger partial charge in [0.15, 0.2) is 12.2 Å². The fourth-order valence-electron chi connectivity index (χ4n) is 9.00. The molecule has 0 radical (unpaired) electrons. The van der Waals surface area contributed by atoms with Gasteiger partial charge in [0, 0.05) is 25.7 Å². The summed E-state index contributed by atoms with van der Waals surface area (Å²) in [6, 6.07) is 0.